The zero-order chi connectivity index (χ0) is 9.99. The maximum atomic E-state index is 6.20. The molecule has 4 N–H and O–H groups in total. The van der Waals surface area contributed by atoms with Crippen LogP contribution in [0.15, 0.2) is 0 Å². The van der Waals surface area contributed by atoms with E-state index < -0.39 is 0 Å². The van der Waals surface area contributed by atoms with E-state index in [9.17, 15) is 0 Å². The predicted octanol–water partition coefficient (Wildman–Crippen LogP) is 1.88. The minimum atomic E-state index is -0.275. The summed E-state index contributed by atoms with van der Waals surface area (Å²) in [6, 6.07) is 0.0995. The minimum Gasteiger partial charge on any atom is -0.326 e. The van der Waals surface area contributed by atoms with Gasteiger partial charge in [-0.1, -0.05) is 34.1 Å². The second-order valence-electron chi connectivity index (χ2n) is 4.93. The first-order valence-electron chi connectivity index (χ1n) is 4.78. The molecule has 0 amide bonds. The highest BCUT2D eigenvalue weighted by atomic mass is 14.9. The van der Waals surface area contributed by atoms with Gasteiger partial charge in [0.2, 0.25) is 0 Å². The average Bonchev–Trinajstić information content (AvgIpc) is 1.85. The van der Waals surface area contributed by atoms with Gasteiger partial charge in [0.15, 0.2) is 0 Å². The van der Waals surface area contributed by atoms with Gasteiger partial charge in [0, 0.05) is 11.6 Å². The molecule has 2 heteroatoms. The first-order chi connectivity index (χ1) is 5.23. The molecule has 2 nitrogen and oxygen atoms in total. The summed E-state index contributed by atoms with van der Waals surface area (Å²) in [5, 5.41) is 0. The molecule has 0 aliphatic heterocycles. The molecule has 0 spiro atoms. The molecule has 0 aromatic rings. The number of hydrogen-bond donors (Lipinski definition) is 2. The molecule has 0 fully saturated rings. The quantitative estimate of drug-likeness (QED) is 0.683. The second kappa shape index (κ2) is 3.75. The van der Waals surface area contributed by atoms with Gasteiger partial charge in [-0.3, -0.25) is 0 Å². The van der Waals surface area contributed by atoms with E-state index in [1.54, 1.807) is 0 Å². The summed E-state index contributed by atoms with van der Waals surface area (Å²) >= 11 is 0. The highest BCUT2D eigenvalue weighted by Gasteiger charge is 2.38. The molecular weight excluding hydrogens is 148 g/mol. The highest BCUT2D eigenvalue weighted by Crippen LogP contribution is 2.31. The van der Waals surface area contributed by atoms with E-state index in [0.29, 0.717) is 0 Å². The van der Waals surface area contributed by atoms with Crippen LogP contribution >= 0.6 is 0 Å². The minimum absolute atomic E-state index is 0.0710. The van der Waals surface area contributed by atoms with Gasteiger partial charge in [-0.25, -0.2) is 0 Å². The zero-order valence-corrected chi connectivity index (χ0v) is 9.15. The van der Waals surface area contributed by atoms with Crippen molar-refractivity contribution in [2.75, 3.05) is 0 Å². The van der Waals surface area contributed by atoms with Gasteiger partial charge < -0.3 is 11.5 Å². The summed E-state index contributed by atoms with van der Waals surface area (Å²) in [6.07, 6.45) is 2.11. The molecule has 2 atom stereocenters. The third-order valence-electron chi connectivity index (χ3n) is 2.99. The Morgan fingerprint density at radius 3 is 1.83 bits per heavy atom. The van der Waals surface area contributed by atoms with Crippen LogP contribution in [0.1, 0.15) is 47.5 Å². The lowest BCUT2D eigenvalue weighted by molar-refractivity contribution is 0.165. The Morgan fingerprint density at radius 2 is 1.58 bits per heavy atom. The van der Waals surface area contributed by atoms with Gasteiger partial charge in [0.25, 0.3) is 0 Å². The molecule has 2 unspecified atom stereocenters. The van der Waals surface area contributed by atoms with Gasteiger partial charge in [-0.05, 0) is 18.8 Å². The Labute approximate surface area is 76.7 Å². The normalized spacial score (nSPS) is 20.2. The molecule has 74 valence electrons. The van der Waals surface area contributed by atoms with Gasteiger partial charge in [-0.15, -0.1) is 0 Å². The maximum Gasteiger partial charge on any atom is 0.0328 e. The summed E-state index contributed by atoms with van der Waals surface area (Å²) in [6.45, 7) is 10.6. The van der Waals surface area contributed by atoms with Crippen LogP contribution in [-0.4, -0.2) is 11.6 Å². The summed E-state index contributed by atoms with van der Waals surface area (Å²) in [7, 11) is 0. The SMILES string of the molecule is CCCC(N)C(C)(N)C(C)(C)C. The van der Waals surface area contributed by atoms with Crippen LogP contribution in [0.3, 0.4) is 0 Å². The van der Waals surface area contributed by atoms with Crippen molar-refractivity contribution < 1.29 is 0 Å². The van der Waals surface area contributed by atoms with E-state index in [-0.39, 0.29) is 17.0 Å². The van der Waals surface area contributed by atoms with Crippen LogP contribution in [0.4, 0.5) is 0 Å². The molecule has 0 heterocycles. The fraction of sp³-hybridized carbons (Fsp3) is 1.00. The average molecular weight is 172 g/mol. The van der Waals surface area contributed by atoms with E-state index in [1.807, 2.05) is 6.92 Å². The first-order valence-corrected chi connectivity index (χ1v) is 4.78. The van der Waals surface area contributed by atoms with Crippen molar-refractivity contribution in [1.29, 1.82) is 0 Å². The fourth-order valence-electron chi connectivity index (χ4n) is 1.17. The van der Waals surface area contributed by atoms with Crippen molar-refractivity contribution in [2.45, 2.75) is 59.0 Å². The van der Waals surface area contributed by atoms with Crippen LogP contribution in [0.5, 0.6) is 0 Å². The van der Waals surface area contributed by atoms with E-state index in [2.05, 4.69) is 27.7 Å². The zero-order valence-electron chi connectivity index (χ0n) is 9.15. The molecule has 0 radical (unpaired) electrons. The van der Waals surface area contributed by atoms with Gasteiger partial charge in [0.05, 0.1) is 0 Å². The van der Waals surface area contributed by atoms with Crippen LogP contribution in [0, 0.1) is 5.41 Å². The van der Waals surface area contributed by atoms with Crippen LogP contribution in [0.2, 0.25) is 0 Å². The number of rotatable bonds is 3. The Hall–Kier alpha value is -0.0800. The Kier molecular flexibility index (Phi) is 3.73. The topological polar surface area (TPSA) is 52.0 Å². The van der Waals surface area contributed by atoms with Gasteiger partial charge in [-0.2, -0.15) is 0 Å². The summed E-state index contributed by atoms with van der Waals surface area (Å²) in [5.74, 6) is 0. The molecule has 12 heavy (non-hydrogen) atoms. The molecule has 0 saturated carbocycles. The molecular formula is C10H24N2. The monoisotopic (exact) mass is 172 g/mol. The molecule has 0 rings (SSSR count). The molecule has 0 aromatic heterocycles. The van der Waals surface area contributed by atoms with Gasteiger partial charge >= 0.3 is 0 Å². The smallest absolute Gasteiger partial charge is 0.0328 e. The Bertz CT molecular complexity index is 133. The van der Waals surface area contributed by atoms with Gasteiger partial charge in [0.1, 0.15) is 0 Å². The van der Waals surface area contributed by atoms with Crippen LogP contribution < -0.4 is 11.5 Å². The summed E-state index contributed by atoms with van der Waals surface area (Å²) in [5.41, 5.74) is 12.0. The predicted molar refractivity (Wildman–Crippen MR) is 54.9 cm³/mol. The molecule has 0 saturated heterocycles. The van der Waals surface area contributed by atoms with Crippen molar-refractivity contribution >= 4 is 0 Å². The lowest BCUT2D eigenvalue weighted by atomic mass is 9.70. The number of nitrogens with two attached hydrogens (primary N) is 2. The van der Waals surface area contributed by atoms with Crippen molar-refractivity contribution in [3.63, 3.8) is 0 Å². The second-order valence-corrected chi connectivity index (χ2v) is 4.93. The third-order valence-corrected chi connectivity index (χ3v) is 2.99. The standard InChI is InChI=1S/C10H24N2/c1-6-7-8(11)10(5,12)9(2,3)4/h8H,6-7,11-12H2,1-5H3. The van der Waals surface area contributed by atoms with Crippen molar-refractivity contribution in [3.05, 3.63) is 0 Å². The lowest BCUT2D eigenvalue weighted by Crippen LogP contribution is -2.60. The molecule has 0 aliphatic carbocycles. The van der Waals surface area contributed by atoms with E-state index in [4.69, 9.17) is 11.5 Å². The summed E-state index contributed by atoms with van der Waals surface area (Å²) in [4.78, 5) is 0. The van der Waals surface area contributed by atoms with E-state index >= 15 is 0 Å². The van der Waals surface area contributed by atoms with Crippen LogP contribution in [-0.2, 0) is 0 Å². The Morgan fingerprint density at radius 1 is 1.17 bits per heavy atom. The maximum absolute atomic E-state index is 6.20. The first kappa shape index (κ1) is 11.9. The molecule has 0 aromatic carbocycles. The lowest BCUT2D eigenvalue weighted by Gasteiger charge is -2.43. The van der Waals surface area contributed by atoms with Crippen molar-refractivity contribution in [3.8, 4) is 0 Å². The van der Waals surface area contributed by atoms with Crippen LogP contribution in [0.25, 0.3) is 0 Å². The Balaban J connectivity index is 4.38. The van der Waals surface area contributed by atoms with E-state index in [0.717, 1.165) is 12.8 Å². The molecule has 0 bridgehead atoms. The summed E-state index contributed by atoms with van der Waals surface area (Å²) < 4.78 is 0. The highest BCUT2D eigenvalue weighted by molar-refractivity contribution is 4.98. The fourth-order valence-corrected chi connectivity index (χ4v) is 1.17. The third kappa shape index (κ3) is 2.46. The number of hydrogen-bond acceptors (Lipinski definition) is 2. The van der Waals surface area contributed by atoms with E-state index in [1.165, 1.54) is 0 Å². The van der Waals surface area contributed by atoms with Crippen molar-refractivity contribution in [2.24, 2.45) is 16.9 Å². The van der Waals surface area contributed by atoms with Crippen molar-refractivity contribution in [1.82, 2.24) is 0 Å². The largest absolute Gasteiger partial charge is 0.326 e. The molecule has 0 aliphatic rings.